The van der Waals surface area contributed by atoms with Crippen molar-refractivity contribution in [1.82, 2.24) is 9.78 Å². The van der Waals surface area contributed by atoms with E-state index >= 15 is 0 Å². The van der Waals surface area contributed by atoms with Gasteiger partial charge in [0.25, 0.3) is 5.56 Å². The first kappa shape index (κ1) is 17.7. The molecule has 0 aliphatic heterocycles. The molecule has 4 aromatic rings. The molecule has 5 heteroatoms. The van der Waals surface area contributed by atoms with E-state index in [0.29, 0.717) is 11.4 Å². The molecular formula is C23H19N3O2. The molecule has 0 bridgehead atoms. The van der Waals surface area contributed by atoms with Crippen molar-refractivity contribution >= 4 is 22.4 Å². The van der Waals surface area contributed by atoms with Gasteiger partial charge in [0.05, 0.1) is 5.69 Å². The zero-order valence-corrected chi connectivity index (χ0v) is 15.4. The van der Waals surface area contributed by atoms with Crippen LogP contribution in [0.5, 0.6) is 0 Å². The number of hydrogen-bond acceptors (Lipinski definition) is 3. The Bertz CT molecular complexity index is 1220. The predicted molar refractivity (Wildman–Crippen MR) is 111 cm³/mol. The van der Waals surface area contributed by atoms with Crippen molar-refractivity contribution in [2.75, 3.05) is 5.32 Å². The molecule has 1 aromatic heterocycles. The molecule has 1 heterocycles. The first-order valence-electron chi connectivity index (χ1n) is 9.03. The maximum absolute atomic E-state index is 12.4. The van der Waals surface area contributed by atoms with Gasteiger partial charge in [-0.15, -0.1) is 0 Å². The van der Waals surface area contributed by atoms with E-state index in [0.717, 1.165) is 21.9 Å². The SMILES string of the molecule is Cc1cccc(NC(=O)Cn2nc(-c3cccc4ccccc34)ccc2=O)c1. The number of carbonyl (C=O) groups excluding carboxylic acids is 1. The largest absolute Gasteiger partial charge is 0.324 e. The summed E-state index contributed by atoms with van der Waals surface area (Å²) in [6, 6.07) is 24.6. The van der Waals surface area contributed by atoms with Crippen molar-refractivity contribution in [2.45, 2.75) is 13.5 Å². The van der Waals surface area contributed by atoms with E-state index in [1.165, 1.54) is 10.7 Å². The molecule has 1 amide bonds. The molecule has 0 spiro atoms. The second kappa shape index (κ2) is 7.48. The molecule has 1 N–H and O–H groups in total. The monoisotopic (exact) mass is 369 g/mol. The van der Waals surface area contributed by atoms with Crippen LogP contribution in [-0.2, 0) is 11.3 Å². The number of aromatic nitrogens is 2. The van der Waals surface area contributed by atoms with Gasteiger partial charge in [-0.25, -0.2) is 4.68 Å². The fourth-order valence-electron chi connectivity index (χ4n) is 3.21. The molecule has 3 aromatic carbocycles. The van der Waals surface area contributed by atoms with Gasteiger partial charge in [-0.3, -0.25) is 9.59 Å². The number of hydrogen-bond donors (Lipinski definition) is 1. The number of nitrogens with one attached hydrogen (secondary N) is 1. The van der Waals surface area contributed by atoms with Crippen LogP contribution in [0.15, 0.2) is 83.7 Å². The second-order valence-electron chi connectivity index (χ2n) is 6.66. The first-order chi connectivity index (χ1) is 13.6. The number of fused-ring (bicyclic) bond motifs is 1. The quantitative estimate of drug-likeness (QED) is 0.591. The Morgan fingerprint density at radius 2 is 1.75 bits per heavy atom. The fraction of sp³-hybridized carbons (Fsp3) is 0.0870. The van der Waals surface area contributed by atoms with Gasteiger partial charge in [0.15, 0.2) is 0 Å². The van der Waals surface area contributed by atoms with Crippen molar-refractivity contribution in [3.8, 4) is 11.3 Å². The van der Waals surface area contributed by atoms with Crippen LogP contribution in [0, 0.1) is 6.92 Å². The zero-order chi connectivity index (χ0) is 19.5. The minimum absolute atomic E-state index is 0.147. The molecule has 0 aliphatic carbocycles. The van der Waals surface area contributed by atoms with Crippen LogP contribution < -0.4 is 10.9 Å². The molecule has 28 heavy (non-hydrogen) atoms. The summed E-state index contributed by atoms with van der Waals surface area (Å²) in [5.74, 6) is -0.296. The van der Waals surface area contributed by atoms with Gasteiger partial charge in [-0.1, -0.05) is 54.6 Å². The Labute approximate surface area is 162 Å². The Morgan fingerprint density at radius 3 is 2.61 bits per heavy atom. The number of benzene rings is 3. The van der Waals surface area contributed by atoms with E-state index in [2.05, 4.69) is 10.4 Å². The Kier molecular flexibility index (Phi) is 4.72. The van der Waals surface area contributed by atoms with Gasteiger partial charge in [-0.2, -0.15) is 5.10 Å². The third kappa shape index (κ3) is 3.69. The maximum atomic E-state index is 12.4. The zero-order valence-electron chi connectivity index (χ0n) is 15.4. The Hall–Kier alpha value is -3.73. The summed E-state index contributed by atoms with van der Waals surface area (Å²) >= 11 is 0. The molecular weight excluding hydrogens is 350 g/mol. The van der Waals surface area contributed by atoms with Gasteiger partial charge in [0.2, 0.25) is 5.91 Å². The number of carbonyl (C=O) groups is 1. The number of anilines is 1. The van der Waals surface area contributed by atoms with E-state index in [1.54, 1.807) is 6.07 Å². The standard InChI is InChI=1S/C23H19N3O2/c1-16-6-4-9-18(14-16)24-22(27)15-26-23(28)13-12-21(25-26)20-11-5-8-17-7-2-3-10-19(17)20/h2-14H,15H2,1H3,(H,24,27). The Morgan fingerprint density at radius 1 is 0.964 bits per heavy atom. The molecule has 138 valence electrons. The third-order valence-electron chi connectivity index (χ3n) is 4.53. The fourth-order valence-corrected chi connectivity index (χ4v) is 3.21. The highest BCUT2D eigenvalue weighted by Crippen LogP contribution is 2.26. The topological polar surface area (TPSA) is 64.0 Å². The number of amides is 1. The average Bonchev–Trinajstić information content (AvgIpc) is 2.69. The molecule has 4 rings (SSSR count). The third-order valence-corrected chi connectivity index (χ3v) is 4.53. The van der Waals surface area contributed by atoms with Gasteiger partial charge in [0.1, 0.15) is 6.54 Å². The van der Waals surface area contributed by atoms with Crippen molar-refractivity contribution in [3.05, 3.63) is 94.8 Å². The predicted octanol–water partition coefficient (Wildman–Crippen LogP) is 4.01. The van der Waals surface area contributed by atoms with E-state index in [1.807, 2.05) is 73.7 Å². The van der Waals surface area contributed by atoms with Crippen molar-refractivity contribution in [2.24, 2.45) is 0 Å². The highest BCUT2D eigenvalue weighted by molar-refractivity contribution is 5.95. The smallest absolute Gasteiger partial charge is 0.267 e. The maximum Gasteiger partial charge on any atom is 0.267 e. The van der Waals surface area contributed by atoms with Crippen LogP contribution in [0.4, 0.5) is 5.69 Å². The van der Waals surface area contributed by atoms with Gasteiger partial charge in [0, 0.05) is 17.3 Å². The van der Waals surface area contributed by atoms with E-state index < -0.39 is 0 Å². The molecule has 0 atom stereocenters. The van der Waals surface area contributed by atoms with Crippen molar-refractivity contribution < 1.29 is 4.79 Å². The van der Waals surface area contributed by atoms with Gasteiger partial charge >= 0.3 is 0 Å². The van der Waals surface area contributed by atoms with E-state index in [4.69, 9.17) is 0 Å². The Balaban J connectivity index is 1.64. The van der Waals surface area contributed by atoms with Crippen LogP contribution in [0.1, 0.15) is 5.56 Å². The highest BCUT2D eigenvalue weighted by Gasteiger charge is 2.10. The van der Waals surface area contributed by atoms with Crippen LogP contribution in [0.2, 0.25) is 0 Å². The number of rotatable bonds is 4. The molecule has 0 fully saturated rings. The summed E-state index contributed by atoms with van der Waals surface area (Å²) in [6.07, 6.45) is 0. The van der Waals surface area contributed by atoms with E-state index in [9.17, 15) is 9.59 Å². The summed E-state index contributed by atoms with van der Waals surface area (Å²) in [7, 11) is 0. The summed E-state index contributed by atoms with van der Waals surface area (Å²) in [6.45, 7) is 1.81. The molecule has 0 saturated heterocycles. The minimum atomic E-state index is -0.316. The molecule has 0 aliphatic rings. The van der Waals surface area contributed by atoms with Crippen LogP contribution in [-0.4, -0.2) is 15.7 Å². The molecule has 0 unspecified atom stereocenters. The summed E-state index contributed by atoms with van der Waals surface area (Å²) in [5.41, 5.74) is 3.00. The van der Waals surface area contributed by atoms with Gasteiger partial charge < -0.3 is 5.32 Å². The first-order valence-corrected chi connectivity index (χ1v) is 9.03. The van der Waals surface area contributed by atoms with E-state index in [-0.39, 0.29) is 18.0 Å². The summed E-state index contributed by atoms with van der Waals surface area (Å²) in [5, 5.41) is 9.39. The lowest BCUT2D eigenvalue weighted by Crippen LogP contribution is -2.29. The number of nitrogens with zero attached hydrogens (tertiary/aromatic N) is 2. The average molecular weight is 369 g/mol. The summed E-state index contributed by atoms with van der Waals surface area (Å²) < 4.78 is 1.20. The summed E-state index contributed by atoms with van der Waals surface area (Å²) in [4.78, 5) is 24.6. The number of aryl methyl sites for hydroxylation is 1. The minimum Gasteiger partial charge on any atom is -0.324 e. The van der Waals surface area contributed by atoms with Crippen molar-refractivity contribution in [1.29, 1.82) is 0 Å². The lowest BCUT2D eigenvalue weighted by Gasteiger charge is -2.10. The lowest BCUT2D eigenvalue weighted by molar-refractivity contribution is -0.117. The van der Waals surface area contributed by atoms with Gasteiger partial charge in [-0.05, 0) is 41.5 Å². The molecule has 5 nitrogen and oxygen atoms in total. The lowest BCUT2D eigenvalue weighted by atomic mass is 10.0. The molecule has 0 radical (unpaired) electrons. The highest BCUT2D eigenvalue weighted by atomic mass is 16.2. The molecule has 0 saturated carbocycles. The normalized spacial score (nSPS) is 10.8. The van der Waals surface area contributed by atoms with Crippen LogP contribution >= 0.6 is 0 Å². The van der Waals surface area contributed by atoms with Crippen molar-refractivity contribution in [3.63, 3.8) is 0 Å². The van der Waals surface area contributed by atoms with Crippen LogP contribution in [0.25, 0.3) is 22.0 Å². The second-order valence-corrected chi connectivity index (χ2v) is 6.66. The van der Waals surface area contributed by atoms with Crippen LogP contribution in [0.3, 0.4) is 0 Å².